The third-order valence-electron chi connectivity index (χ3n) is 0.945. The van der Waals surface area contributed by atoms with E-state index in [1.165, 1.54) is 0 Å². The molecule has 5 nitrogen and oxygen atoms in total. The van der Waals surface area contributed by atoms with Gasteiger partial charge in [-0.05, 0) is 0 Å². The molecule has 0 aliphatic heterocycles. The molecule has 6 heteroatoms. The second kappa shape index (κ2) is 4.71. The molecule has 0 heterocycles. The van der Waals surface area contributed by atoms with Crippen molar-refractivity contribution in [3.8, 4) is 0 Å². The smallest absolute Gasteiger partial charge is 0.151 e. The maximum atomic E-state index is 9.77. The molecule has 0 saturated heterocycles. The number of aliphatic hydroxyl groups excluding tert-OH is 3. The van der Waals surface area contributed by atoms with Gasteiger partial charge in [0.25, 0.3) is 0 Å². The first kappa shape index (κ1) is 9.94. The number of aldehydes is 1. The van der Waals surface area contributed by atoms with Crippen LogP contribution in [0.2, 0.25) is 0 Å². The molecule has 0 bridgehead atoms. The van der Waals surface area contributed by atoms with Crippen LogP contribution >= 0.6 is 8.81 Å². The summed E-state index contributed by atoms with van der Waals surface area (Å²) in [7, 11) is -0.906. The molecular formula is C4H9O5P. The Hall–Kier alpha value is -0.0600. The quantitative estimate of drug-likeness (QED) is 0.282. The minimum Gasteiger partial charge on any atom is -0.387 e. The van der Waals surface area contributed by atoms with Crippen LogP contribution in [0.15, 0.2) is 0 Å². The first-order chi connectivity index (χ1) is 4.63. The number of aliphatic hydroxyl groups is 3. The van der Waals surface area contributed by atoms with E-state index >= 15 is 0 Å². The minimum atomic E-state index is -1.63. The molecule has 0 aromatic carbocycles. The van der Waals surface area contributed by atoms with Crippen LogP contribution in [0.1, 0.15) is 0 Å². The lowest BCUT2D eigenvalue weighted by molar-refractivity contribution is -0.122. The Kier molecular flexibility index (Phi) is 4.68. The van der Waals surface area contributed by atoms with E-state index in [0.717, 1.165) is 0 Å². The topological polar surface area (TPSA) is 98.0 Å². The highest BCUT2D eigenvalue weighted by Crippen LogP contribution is 2.15. The highest BCUT2D eigenvalue weighted by Gasteiger charge is 2.23. The summed E-state index contributed by atoms with van der Waals surface area (Å²) in [5.74, 6) is -1.44. The molecule has 0 rings (SSSR count). The second-order valence-corrected chi connectivity index (χ2v) is 2.54. The van der Waals surface area contributed by atoms with Crippen molar-refractivity contribution in [3.63, 3.8) is 0 Å². The molecule has 0 aliphatic carbocycles. The zero-order valence-corrected chi connectivity index (χ0v) is 6.01. The van der Waals surface area contributed by atoms with Crippen molar-refractivity contribution < 1.29 is 25.0 Å². The van der Waals surface area contributed by atoms with Crippen molar-refractivity contribution in [2.45, 2.75) is 18.1 Å². The van der Waals surface area contributed by atoms with Crippen LogP contribution in [0.25, 0.3) is 0 Å². The Labute approximate surface area is 59.2 Å². The molecule has 0 radical (unpaired) electrons. The van der Waals surface area contributed by atoms with E-state index in [2.05, 4.69) is 0 Å². The van der Waals surface area contributed by atoms with Gasteiger partial charge in [0, 0.05) is 8.81 Å². The van der Waals surface area contributed by atoms with Gasteiger partial charge in [0.1, 0.15) is 18.1 Å². The standard InChI is InChI=1S/C4H9O5P/c5-1-2(6)3(7)4(8)10-9/h1-4,6-10H/t2-,3+,4+/m0/s1. The van der Waals surface area contributed by atoms with Crippen molar-refractivity contribution in [2.24, 2.45) is 0 Å². The Morgan fingerprint density at radius 3 is 2.10 bits per heavy atom. The van der Waals surface area contributed by atoms with Gasteiger partial charge in [-0.3, -0.25) is 0 Å². The van der Waals surface area contributed by atoms with Gasteiger partial charge in [-0.15, -0.1) is 0 Å². The maximum Gasteiger partial charge on any atom is 0.151 e. The molecule has 0 saturated carbocycles. The van der Waals surface area contributed by atoms with E-state index in [4.69, 9.17) is 20.2 Å². The maximum absolute atomic E-state index is 9.77. The molecular weight excluding hydrogens is 159 g/mol. The Balaban J connectivity index is 3.80. The average Bonchev–Trinajstić information content (AvgIpc) is 2.00. The number of carbonyl (C=O) groups is 1. The van der Waals surface area contributed by atoms with Crippen LogP contribution in [0, 0.1) is 0 Å². The summed E-state index contributed by atoms with van der Waals surface area (Å²) in [5.41, 5.74) is 0. The highest BCUT2D eigenvalue weighted by atomic mass is 31.1. The number of hydrogen-bond donors (Lipinski definition) is 4. The zero-order valence-electron chi connectivity index (χ0n) is 5.01. The molecule has 4 atom stereocenters. The predicted molar refractivity (Wildman–Crippen MR) is 34.6 cm³/mol. The van der Waals surface area contributed by atoms with Crippen molar-refractivity contribution in [2.75, 3.05) is 0 Å². The normalized spacial score (nSPS) is 20.8. The summed E-state index contributed by atoms with van der Waals surface area (Å²) >= 11 is 0. The van der Waals surface area contributed by atoms with E-state index in [9.17, 15) is 4.79 Å². The molecule has 0 spiro atoms. The number of hydrogen-bond acceptors (Lipinski definition) is 5. The second-order valence-electron chi connectivity index (χ2n) is 1.69. The molecule has 10 heavy (non-hydrogen) atoms. The fourth-order valence-electron chi connectivity index (χ4n) is 0.344. The van der Waals surface area contributed by atoms with Crippen LogP contribution in [0.4, 0.5) is 0 Å². The fraction of sp³-hybridized carbons (Fsp3) is 0.750. The Morgan fingerprint density at radius 2 is 1.80 bits per heavy atom. The largest absolute Gasteiger partial charge is 0.387 e. The SMILES string of the molecule is O=C[C@H](O)[C@@H](O)[C@H](O)PO. The molecule has 0 aromatic rings. The van der Waals surface area contributed by atoms with Gasteiger partial charge in [0.2, 0.25) is 0 Å². The van der Waals surface area contributed by atoms with Crippen molar-refractivity contribution in [1.82, 2.24) is 0 Å². The molecule has 0 aromatic heterocycles. The van der Waals surface area contributed by atoms with E-state index in [1.807, 2.05) is 0 Å². The lowest BCUT2D eigenvalue weighted by Crippen LogP contribution is -2.35. The van der Waals surface area contributed by atoms with Crippen molar-refractivity contribution in [1.29, 1.82) is 0 Å². The van der Waals surface area contributed by atoms with E-state index in [0.29, 0.717) is 0 Å². The monoisotopic (exact) mass is 168 g/mol. The third-order valence-corrected chi connectivity index (χ3v) is 1.55. The highest BCUT2D eigenvalue weighted by molar-refractivity contribution is 7.31. The van der Waals surface area contributed by atoms with Gasteiger partial charge in [0.05, 0.1) is 0 Å². The van der Waals surface area contributed by atoms with Gasteiger partial charge in [-0.25, -0.2) is 0 Å². The number of carbonyl (C=O) groups excluding carboxylic acids is 1. The summed E-state index contributed by atoms with van der Waals surface area (Å²) in [4.78, 5) is 18.0. The number of rotatable bonds is 4. The molecule has 60 valence electrons. The first-order valence-corrected chi connectivity index (χ1v) is 3.55. The summed E-state index contributed by atoms with van der Waals surface area (Å²) in [6.45, 7) is 0. The lowest BCUT2D eigenvalue weighted by Gasteiger charge is -2.16. The van der Waals surface area contributed by atoms with E-state index < -0.39 is 26.9 Å². The Morgan fingerprint density at radius 1 is 1.30 bits per heavy atom. The fourth-order valence-corrected chi connectivity index (χ4v) is 0.694. The van der Waals surface area contributed by atoms with Crippen LogP contribution < -0.4 is 0 Å². The van der Waals surface area contributed by atoms with Crippen LogP contribution in [-0.4, -0.2) is 44.6 Å². The minimum absolute atomic E-state index is 0.0913. The van der Waals surface area contributed by atoms with Gasteiger partial charge in [-0.1, -0.05) is 0 Å². The van der Waals surface area contributed by atoms with Crippen molar-refractivity contribution >= 4 is 15.1 Å². The van der Waals surface area contributed by atoms with Crippen LogP contribution in [0.5, 0.6) is 0 Å². The summed E-state index contributed by atoms with van der Waals surface area (Å²) in [5, 5.41) is 25.9. The van der Waals surface area contributed by atoms with Gasteiger partial charge in [-0.2, -0.15) is 0 Å². The van der Waals surface area contributed by atoms with Gasteiger partial charge >= 0.3 is 0 Å². The lowest BCUT2D eigenvalue weighted by atomic mass is 10.2. The van der Waals surface area contributed by atoms with Crippen LogP contribution in [0.3, 0.4) is 0 Å². The molecule has 0 fully saturated rings. The molecule has 4 N–H and O–H groups in total. The van der Waals surface area contributed by atoms with Crippen LogP contribution in [-0.2, 0) is 4.79 Å². The van der Waals surface area contributed by atoms with Gasteiger partial charge < -0.3 is 25.0 Å². The Bertz CT molecular complexity index is 108. The summed E-state index contributed by atoms with van der Waals surface area (Å²) < 4.78 is 0. The average molecular weight is 168 g/mol. The summed E-state index contributed by atoms with van der Waals surface area (Å²) in [6, 6.07) is 0. The molecule has 0 amide bonds. The van der Waals surface area contributed by atoms with E-state index in [1.54, 1.807) is 0 Å². The zero-order chi connectivity index (χ0) is 8.15. The molecule has 0 aliphatic rings. The summed E-state index contributed by atoms with van der Waals surface area (Å²) in [6.07, 6.45) is -3.14. The third kappa shape index (κ3) is 2.68. The van der Waals surface area contributed by atoms with Crippen molar-refractivity contribution in [3.05, 3.63) is 0 Å². The van der Waals surface area contributed by atoms with E-state index in [-0.39, 0.29) is 6.29 Å². The first-order valence-electron chi connectivity index (χ1n) is 2.52. The van der Waals surface area contributed by atoms with Gasteiger partial charge in [0.15, 0.2) is 6.29 Å². The molecule has 1 unspecified atom stereocenters. The predicted octanol–water partition coefficient (Wildman–Crippen LogP) is -2.19.